The van der Waals surface area contributed by atoms with Crippen molar-refractivity contribution in [1.82, 2.24) is 10.3 Å². The predicted molar refractivity (Wildman–Crippen MR) is 109 cm³/mol. The Morgan fingerprint density at radius 2 is 1.82 bits per heavy atom. The highest BCUT2D eigenvalue weighted by molar-refractivity contribution is 6.62. The number of phenolic OH excluding ortho intramolecular Hbond substituents is 1. The smallest absolute Gasteiger partial charge is 0.494 e. The molecule has 6 nitrogen and oxygen atoms in total. The molecule has 0 atom stereocenters. The van der Waals surface area contributed by atoms with E-state index in [1.807, 2.05) is 39.8 Å². The fraction of sp³-hybridized carbons (Fsp3) is 0.429. The maximum Gasteiger partial charge on any atom is 0.494 e. The van der Waals surface area contributed by atoms with E-state index in [4.69, 9.17) is 9.31 Å². The summed E-state index contributed by atoms with van der Waals surface area (Å²) in [5, 5.41) is 12.6. The van der Waals surface area contributed by atoms with Crippen LogP contribution in [0.15, 0.2) is 42.6 Å². The van der Waals surface area contributed by atoms with Gasteiger partial charge in [-0.15, -0.1) is 0 Å². The zero-order valence-electron chi connectivity index (χ0n) is 16.9. The van der Waals surface area contributed by atoms with Crippen molar-refractivity contribution in [3.05, 3.63) is 53.9 Å². The summed E-state index contributed by atoms with van der Waals surface area (Å²) in [6.07, 6.45) is 3.21. The van der Waals surface area contributed by atoms with Gasteiger partial charge in [0, 0.05) is 18.4 Å². The minimum absolute atomic E-state index is 0.0169. The van der Waals surface area contributed by atoms with Gasteiger partial charge in [0.05, 0.1) is 16.8 Å². The van der Waals surface area contributed by atoms with E-state index in [2.05, 4.69) is 10.3 Å². The lowest BCUT2D eigenvalue weighted by atomic mass is 9.79. The van der Waals surface area contributed by atoms with Crippen molar-refractivity contribution in [2.24, 2.45) is 0 Å². The van der Waals surface area contributed by atoms with E-state index < -0.39 is 7.12 Å². The van der Waals surface area contributed by atoms with E-state index >= 15 is 0 Å². The Hall–Kier alpha value is -2.38. The molecule has 3 rings (SSSR count). The summed E-state index contributed by atoms with van der Waals surface area (Å²) in [7, 11) is -0.410. The molecular weight excluding hydrogens is 355 g/mol. The fourth-order valence-corrected chi connectivity index (χ4v) is 2.99. The molecule has 1 aromatic carbocycles. The van der Waals surface area contributed by atoms with Crippen LogP contribution >= 0.6 is 0 Å². The lowest BCUT2D eigenvalue weighted by Crippen LogP contribution is -2.41. The largest absolute Gasteiger partial charge is 0.507 e. The van der Waals surface area contributed by atoms with Crippen molar-refractivity contribution in [2.45, 2.75) is 51.7 Å². The van der Waals surface area contributed by atoms with E-state index in [1.165, 1.54) is 6.07 Å². The normalized spacial score (nSPS) is 17.5. The quantitative estimate of drug-likeness (QED) is 0.593. The van der Waals surface area contributed by atoms with Crippen LogP contribution in [0.3, 0.4) is 0 Å². The third kappa shape index (κ3) is 4.37. The minimum atomic E-state index is -0.410. The van der Waals surface area contributed by atoms with E-state index in [9.17, 15) is 9.90 Å². The van der Waals surface area contributed by atoms with Gasteiger partial charge < -0.3 is 19.7 Å². The van der Waals surface area contributed by atoms with Gasteiger partial charge in [0.15, 0.2) is 0 Å². The number of aromatic nitrogens is 1. The Labute approximate surface area is 166 Å². The lowest BCUT2D eigenvalue weighted by molar-refractivity contribution is 0.00578. The molecule has 0 bridgehead atoms. The number of carbonyl (C=O) groups is 1. The number of rotatable bonds is 6. The molecule has 0 saturated carbocycles. The summed E-state index contributed by atoms with van der Waals surface area (Å²) in [4.78, 5) is 16.5. The van der Waals surface area contributed by atoms with Crippen LogP contribution < -0.4 is 10.8 Å². The van der Waals surface area contributed by atoms with Gasteiger partial charge in [-0.1, -0.05) is 12.1 Å². The SMILES string of the molecule is CC1(C)OB(c2ccnc(CCCNC(=O)c3ccccc3O)c2)OC1(C)C. The van der Waals surface area contributed by atoms with Gasteiger partial charge >= 0.3 is 7.12 Å². The standard InChI is InChI=1S/C21H27BN2O4/c1-20(2)21(3,4)28-22(27-20)15-11-13-23-16(14-15)8-7-12-24-19(26)17-9-5-6-10-18(17)25/h5-6,9-11,13-14,25H,7-8,12H2,1-4H3,(H,24,26). The molecule has 1 aliphatic rings. The van der Waals surface area contributed by atoms with Gasteiger partial charge in [-0.3, -0.25) is 9.78 Å². The lowest BCUT2D eigenvalue weighted by Gasteiger charge is -2.32. The van der Waals surface area contributed by atoms with Crippen LogP contribution in [0.25, 0.3) is 0 Å². The van der Waals surface area contributed by atoms with Crippen LogP contribution in [0.4, 0.5) is 0 Å². The molecule has 1 saturated heterocycles. The summed E-state index contributed by atoms with van der Waals surface area (Å²) >= 11 is 0. The summed E-state index contributed by atoms with van der Waals surface area (Å²) in [5.74, 6) is -0.297. The zero-order chi connectivity index (χ0) is 20.4. The topological polar surface area (TPSA) is 80.7 Å². The second kappa shape index (κ2) is 7.93. The first-order valence-electron chi connectivity index (χ1n) is 9.56. The summed E-state index contributed by atoms with van der Waals surface area (Å²) in [5.41, 5.74) is 1.39. The molecule has 1 fully saturated rings. The summed E-state index contributed by atoms with van der Waals surface area (Å²) in [6, 6.07) is 10.4. The molecule has 7 heteroatoms. The molecule has 2 heterocycles. The number of hydrogen-bond donors (Lipinski definition) is 2. The number of hydrogen-bond acceptors (Lipinski definition) is 5. The number of pyridine rings is 1. The Morgan fingerprint density at radius 3 is 2.50 bits per heavy atom. The van der Waals surface area contributed by atoms with Crippen LogP contribution in [0.5, 0.6) is 5.75 Å². The van der Waals surface area contributed by atoms with Crippen LogP contribution in [-0.4, -0.2) is 40.9 Å². The Kier molecular flexibility index (Phi) is 5.77. The second-order valence-corrected chi connectivity index (χ2v) is 8.05. The van der Waals surface area contributed by atoms with E-state index in [0.717, 1.165) is 17.6 Å². The number of nitrogens with zero attached hydrogens (tertiary/aromatic N) is 1. The van der Waals surface area contributed by atoms with E-state index in [-0.39, 0.29) is 28.4 Å². The first kappa shape index (κ1) is 20.4. The molecule has 1 aliphatic heterocycles. The van der Waals surface area contributed by atoms with Crippen LogP contribution in [0.1, 0.15) is 50.2 Å². The van der Waals surface area contributed by atoms with Crippen molar-refractivity contribution in [3.8, 4) is 5.75 Å². The average Bonchev–Trinajstić information content (AvgIpc) is 2.87. The number of amides is 1. The van der Waals surface area contributed by atoms with E-state index in [0.29, 0.717) is 13.0 Å². The molecular formula is C21H27BN2O4. The third-order valence-electron chi connectivity index (χ3n) is 5.41. The van der Waals surface area contributed by atoms with Crippen LogP contribution in [0.2, 0.25) is 0 Å². The molecule has 1 aromatic heterocycles. The predicted octanol–water partition coefficient (Wildman–Crippen LogP) is 2.45. The number of phenols is 1. The third-order valence-corrected chi connectivity index (χ3v) is 5.41. The van der Waals surface area contributed by atoms with Crippen LogP contribution in [0, 0.1) is 0 Å². The molecule has 0 spiro atoms. The number of carbonyl (C=O) groups excluding carboxylic acids is 1. The van der Waals surface area contributed by atoms with Crippen molar-refractivity contribution in [3.63, 3.8) is 0 Å². The number of nitrogens with one attached hydrogen (secondary N) is 1. The van der Waals surface area contributed by atoms with Gasteiger partial charge in [0.25, 0.3) is 5.91 Å². The van der Waals surface area contributed by atoms with Crippen molar-refractivity contribution in [1.29, 1.82) is 0 Å². The molecule has 28 heavy (non-hydrogen) atoms. The number of benzene rings is 1. The first-order chi connectivity index (χ1) is 13.2. The Morgan fingerprint density at radius 1 is 1.14 bits per heavy atom. The molecule has 2 aromatic rings. The highest BCUT2D eigenvalue weighted by atomic mass is 16.7. The molecule has 2 N–H and O–H groups in total. The number of aromatic hydroxyl groups is 1. The van der Waals surface area contributed by atoms with Gasteiger partial charge in [0.2, 0.25) is 0 Å². The summed E-state index contributed by atoms with van der Waals surface area (Å²) in [6.45, 7) is 8.62. The molecule has 0 aliphatic carbocycles. The minimum Gasteiger partial charge on any atom is -0.507 e. The Balaban J connectivity index is 1.53. The Bertz CT molecular complexity index is 838. The fourth-order valence-electron chi connectivity index (χ4n) is 2.99. The molecule has 1 amide bonds. The van der Waals surface area contributed by atoms with E-state index in [1.54, 1.807) is 24.4 Å². The van der Waals surface area contributed by atoms with Gasteiger partial charge in [-0.2, -0.15) is 0 Å². The van der Waals surface area contributed by atoms with Crippen molar-refractivity contribution in [2.75, 3.05) is 6.54 Å². The number of aryl methyl sites for hydroxylation is 1. The van der Waals surface area contributed by atoms with Gasteiger partial charge in [-0.05, 0) is 70.3 Å². The molecule has 148 valence electrons. The average molecular weight is 382 g/mol. The molecule has 0 radical (unpaired) electrons. The summed E-state index contributed by atoms with van der Waals surface area (Å²) < 4.78 is 12.2. The zero-order valence-corrected chi connectivity index (χ0v) is 16.9. The van der Waals surface area contributed by atoms with Gasteiger partial charge in [-0.25, -0.2) is 0 Å². The molecule has 0 unspecified atom stereocenters. The van der Waals surface area contributed by atoms with Gasteiger partial charge in [0.1, 0.15) is 5.75 Å². The number of para-hydroxylation sites is 1. The second-order valence-electron chi connectivity index (χ2n) is 8.05. The maximum absolute atomic E-state index is 12.1. The highest BCUT2D eigenvalue weighted by Crippen LogP contribution is 2.36. The first-order valence-corrected chi connectivity index (χ1v) is 9.56. The monoisotopic (exact) mass is 382 g/mol. The van der Waals surface area contributed by atoms with Crippen molar-refractivity contribution >= 4 is 18.5 Å². The van der Waals surface area contributed by atoms with Crippen LogP contribution in [-0.2, 0) is 15.7 Å². The highest BCUT2D eigenvalue weighted by Gasteiger charge is 2.51. The maximum atomic E-state index is 12.1. The van der Waals surface area contributed by atoms with Crippen molar-refractivity contribution < 1.29 is 19.2 Å².